The van der Waals surface area contributed by atoms with Crippen LogP contribution >= 0.6 is 0 Å². The summed E-state index contributed by atoms with van der Waals surface area (Å²) in [6.07, 6.45) is 5.71. The molecule has 0 saturated carbocycles. The summed E-state index contributed by atoms with van der Waals surface area (Å²) >= 11 is 0. The molecule has 152 valence electrons. The standard InChI is InChI=1S/C23H24O6/c1-27-21-10-6-16(12-18(21)15-24)4-8-19(25)14-20(26)9-5-17-7-11-22(28-2)23(13-17)29-3/h4-13,24H,14-15H2,1-3H3/b8-4+,9-5+. The highest BCUT2D eigenvalue weighted by atomic mass is 16.5. The van der Waals surface area contributed by atoms with Crippen molar-refractivity contribution < 1.29 is 28.9 Å². The Labute approximate surface area is 170 Å². The Hall–Kier alpha value is -3.38. The minimum Gasteiger partial charge on any atom is -0.496 e. The molecule has 0 unspecified atom stereocenters. The first-order valence-corrected chi connectivity index (χ1v) is 8.92. The predicted octanol–water partition coefficient (Wildman–Crippen LogP) is 3.46. The molecule has 0 saturated heterocycles. The van der Waals surface area contributed by atoms with E-state index in [1.807, 2.05) is 0 Å². The zero-order chi connectivity index (χ0) is 21.2. The van der Waals surface area contributed by atoms with E-state index in [4.69, 9.17) is 14.2 Å². The summed E-state index contributed by atoms with van der Waals surface area (Å²) in [5, 5.41) is 9.35. The first kappa shape index (κ1) is 21.9. The van der Waals surface area contributed by atoms with Gasteiger partial charge in [-0.1, -0.05) is 24.3 Å². The van der Waals surface area contributed by atoms with E-state index < -0.39 is 0 Å². The quantitative estimate of drug-likeness (QED) is 0.489. The van der Waals surface area contributed by atoms with Crippen LogP contribution in [0, 0.1) is 0 Å². The topological polar surface area (TPSA) is 82.1 Å². The van der Waals surface area contributed by atoms with Crippen LogP contribution < -0.4 is 14.2 Å². The Morgan fingerprint density at radius 2 is 1.31 bits per heavy atom. The molecule has 0 aliphatic heterocycles. The van der Waals surface area contributed by atoms with Gasteiger partial charge in [-0.15, -0.1) is 0 Å². The molecule has 6 heteroatoms. The third-order valence-corrected chi connectivity index (χ3v) is 4.15. The Morgan fingerprint density at radius 3 is 1.83 bits per heavy atom. The number of methoxy groups -OCH3 is 3. The summed E-state index contributed by atoms with van der Waals surface area (Å²) in [6, 6.07) is 10.5. The minimum atomic E-state index is -0.312. The van der Waals surface area contributed by atoms with Crippen molar-refractivity contribution in [3.8, 4) is 17.2 Å². The summed E-state index contributed by atoms with van der Waals surface area (Å²) in [4.78, 5) is 24.1. The molecule has 2 rings (SSSR count). The normalized spacial score (nSPS) is 11.0. The van der Waals surface area contributed by atoms with Crippen molar-refractivity contribution in [3.63, 3.8) is 0 Å². The number of rotatable bonds is 10. The van der Waals surface area contributed by atoms with E-state index in [1.54, 1.807) is 55.7 Å². The highest BCUT2D eigenvalue weighted by Crippen LogP contribution is 2.28. The fourth-order valence-corrected chi connectivity index (χ4v) is 2.65. The van der Waals surface area contributed by atoms with Crippen molar-refractivity contribution in [1.29, 1.82) is 0 Å². The van der Waals surface area contributed by atoms with Gasteiger partial charge in [-0.25, -0.2) is 0 Å². The molecule has 1 N–H and O–H groups in total. The van der Waals surface area contributed by atoms with Crippen molar-refractivity contribution >= 4 is 23.7 Å². The lowest BCUT2D eigenvalue weighted by Gasteiger charge is -2.07. The Morgan fingerprint density at radius 1 is 0.793 bits per heavy atom. The molecule has 0 spiro atoms. The van der Waals surface area contributed by atoms with Crippen LogP contribution in [0.2, 0.25) is 0 Å². The zero-order valence-electron chi connectivity index (χ0n) is 16.7. The molecule has 29 heavy (non-hydrogen) atoms. The molecule has 0 fully saturated rings. The smallest absolute Gasteiger partial charge is 0.163 e. The van der Waals surface area contributed by atoms with Gasteiger partial charge in [-0.2, -0.15) is 0 Å². The Bertz CT molecular complexity index is 851. The lowest BCUT2D eigenvalue weighted by atomic mass is 10.1. The molecule has 2 aromatic carbocycles. The van der Waals surface area contributed by atoms with Crippen molar-refractivity contribution in [2.45, 2.75) is 13.0 Å². The molecule has 0 aliphatic carbocycles. The number of ether oxygens (including phenoxy) is 3. The molecule has 2 aromatic rings. The number of ketones is 2. The molecule has 0 atom stereocenters. The number of hydrogen-bond acceptors (Lipinski definition) is 6. The molecule has 0 bridgehead atoms. The third kappa shape index (κ3) is 6.33. The van der Waals surface area contributed by atoms with Crippen LogP contribution in [0.4, 0.5) is 0 Å². The highest BCUT2D eigenvalue weighted by Gasteiger charge is 2.06. The third-order valence-electron chi connectivity index (χ3n) is 4.15. The van der Waals surface area contributed by atoms with Gasteiger partial charge in [0.1, 0.15) is 5.75 Å². The second-order valence-corrected chi connectivity index (χ2v) is 6.12. The molecule has 0 amide bonds. The Balaban J connectivity index is 1.97. The second kappa shape index (κ2) is 10.8. The fourth-order valence-electron chi connectivity index (χ4n) is 2.65. The lowest BCUT2D eigenvalue weighted by molar-refractivity contribution is -0.121. The van der Waals surface area contributed by atoms with Gasteiger partial charge in [0.2, 0.25) is 0 Å². The monoisotopic (exact) mass is 396 g/mol. The van der Waals surface area contributed by atoms with Crippen LogP contribution in [0.25, 0.3) is 12.2 Å². The maximum atomic E-state index is 12.1. The first-order chi connectivity index (χ1) is 14.0. The largest absolute Gasteiger partial charge is 0.496 e. The Kier molecular flexibility index (Phi) is 8.18. The van der Waals surface area contributed by atoms with E-state index >= 15 is 0 Å². The van der Waals surface area contributed by atoms with Gasteiger partial charge in [0.25, 0.3) is 0 Å². The van der Waals surface area contributed by atoms with Crippen LogP contribution in [0.5, 0.6) is 17.2 Å². The maximum absolute atomic E-state index is 12.1. The van der Waals surface area contributed by atoms with Gasteiger partial charge in [0, 0.05) is 5.56 Å². The maximum Gasteiger partial charge on any atom is 0.163 e. The minimum absolute atomic E-state index is 0.168. The number of aliphatic hydroxyl groups excluding tert-OH is 1. The van der Waals surface area contributed by atoms with Crippen molar-refractivity contribution in [3.05, 3.63) is 65.2 Å². The van der Waals surface area contributed by atoms with Crippen LogP contribution in [0.15, 0.2) is 48.6 Å². The number of carbonyl (C=O) groups is 2. The van der Waals surface area contributed by atoms with Crippen LogP contribution in [0.3, 0.4) is 0 Å². The zero-order valence-corrected chi connectivity index (χ0v) is 16.7. The molecule has 0 heterocycles. The average molecular weight is 396 g/mol. The summed E-state index contributed by atoms with van der Waals surface area (Å²) in [6.45, 7) is -0.168. The summed E-state index contributed by atoms with van der Waals surface area (Å²) in [7, 11) is 4.61. The molecular weight excluding hydrogens is 372 g/mol. The number of benzene rings is 2. The summed E-state index contributed by atoms with van der Waals surface area (Å²) in [5.74, 6) is 1.11. The second-order valence-electron chi connectivity index (χ2n) is 6.12. The van der Waals surface area contributed by atoms with E-state index in [1.165, 1.54) is 26.4 Å². The number of allylic oxidation sites excluding steroid dienone is 2. The number of carbonyl (C=O) groups excluding carboxylic acids is 2. The van der Waals surface area contributed by atoms with E-state index in [0.29, 0.717) is 22.8 Å². The van der Waals surface area contributed by atoms with Gasteiger partial charge >= 0.3 is 0 Å². The van der Waals surface area contributed by atoms with Gasteiger partial charge in [-0.3, -0.25) is 9.59 Å². The van der Waals surface area contributed by atoms with Crippen molar-refractivity contribution in [1.82, 2.24) is 0 Å². The van der Waals surface area contributed by atoms with E-state index in [0.717, 1.165) is 11.1 Å². The van der Waals surface area contributed by atoms with E-state index in [9.17, 15) is 14.7 Å². The van der Waals surface area contributed by atoms with Gasteiger partial charge in [0.15, 0.2) is 23.1 Å². The van der Waals surface area contributed by atoms with E-state index in [2.05, 4.69) is 0 Å². The molecule has 0 radical (unpaired) electrons. The van der Waals surface area contributed by atoms with Gasteiger partial charge in [0.05, 0.1) is 34.4 Å². The highest BCUT2D eigenvalue weighted by molar-refractivity contribution is 6.10. The fraction of sp³-hybridized carbons (Fsp3) is 0.217. The summed E-state index contributed by atoms with van der Waals surface area (Å²) < 4.78 is 15.5. The SMILES string of the molecule is COc1ccc(/C=C/C(=O)CC(=O)/C=C/c2ccc(OC)c(OC)c2)cc1CO. The predicted molar refractivity (Wildman–Crippen MR) is 111 cm³/mol. The molecule has 6 nitrogen and oxygen atoms in total. The first-order valence-electron chi connectivity index (χ1n) is 8.92. The molecule has 0 aliphatic rings. The van der Waals surface area contributed by atoms with Crippen LogP contribution in [-0.4, -0.2) is 38.0 Å². The summed E-state index contributed by atoms with van der Waals surface area (Å²) in [5.41, 5.74) is 2.11. The lowest BCUT2D eigenvalue weighted by Crippen LogP contribution is -2.02. The number of hydrogen-bond donors (Lipinski definition) is 1. The van der Waals surface area contributed by atoms with Crippen LogP contribution in [0.1, 0.15) is 23.1 Å². The molecule has 0 aromatic heterocycles. The van der Waals surface area contributed by atoms with Gasteiger partial charge in [-0.05, 0) is 47.5 Å². The van der Waals surface area contributed by atoms with Gasteiger partial charge < -0.3 is 19.3 Å². The van der Waals surface area contributed by atoms with E-state index in [-0.39, 0.29) is 24.6 Å². The van der Waals surface area contributed by atoms with Crippen LogP contribution in [-0.2, 0) is 16.2 Å². The van der Waals surface area contributed by atoms with Crippen molar-refractivity contribution in [2.75, 3.05) is 21.3 Å². The van der Waals surface area contributed by atoms with Crippen molar-refractivity contribution in [2.24, 2.45) is 0 Å². The number of aliphatic hydroxyl groups is 1. The average Bonchev–Trinajstić information content (AvgIpc) is 2.75. The molecular formula is C23H24O6.